The Morgan fingerprint density at radius 1 is 0.714 bits per heavy atom. The third kappa shape index (κ3) is 5.12. The molecule has 0 saturated heterocycles. The second-order valence-corrected chi connectivity index (χ2v) is 11.4. The molecule has 4 heterocycles. The number of aromatic nitrogens is 4. The minimum atomic E-state index is 0.637. The van der Waals surface area contributed by atoms with Crippen LogP contribution in [0.15, 0.2) is 53.9 Å². The van der Waals surface area contributed by atoms with Crippen LogP contribution in [0, 0.1) is 13.8 Å². The van der Waals surface area contributed by atoms with Gasteiger partial charge in [-0.2, -0.15) is 0 Å². The number of imidazole rings is 2. The molecule has 0 aliphatic carbocycles. The standard InChI is InChI=1S/C12H9Cl2N3S.C12H10ClN3S/c1-6-9(11(14)18-10(6)13)17-12-15-7-4-2-3-5-8(7)16-12;1-7-6-17-11(13)10(7)16-12-14-8-4-2-3-5-9(8)15-12/h2-5H,1H3,(H2,15,16,17);2-6H,1H3,(H2,14,15,16). The molecule has 0 amide bonds. The first-order valence-corrected chi connectivity index (χ1v) is 13.3. The molecule has 0 unspecified atom stereocenters. The molecule has 6 aromatic rings. The van der Waals surface area contributed by atoms with Gasteiger partial charge in [-0.25, -0.2) is 9.97 Å². The molecule has 0 bridgehead atoms. The van der Waals surface area contributed by atoms with Gasteiger partial charge in [-0.05, 0) is 49.1 Å². The summed E-state index contributed by atoms with van der Waals surface area (Å²) in [6, 6.07) is 15.8. The van der Waals surface area contributed by atoms with Gasteiger partial charge < -0.3 is 20.6 Å². The molecule has 0 radical (unpaired) electrons. The van der Waals surface area contributed by atoms with Crippen LogP contribution < -0.4 is 10.6 Å². The van der Waals surface area contributed by atoms with Crippen LogP contribution >= 0.6 is 57.5 Å². The summed E-state index contributed by atoms with van der Waals surface area (Å²) in [6.07, 6.45) is 0. The number of hydrogen-bond donors (Lipinski definition) is 4. The van der Waals surface area contributed by atoms with E-state index in [-0.39, 0.29) is 0 Å². The van der Waals surface area contributed by atoms with Crippen LogP contribution in [0.2, 0.25) is 13.0 Å². The van der Waals surface area contributed by atoms with E-state index in [0.29, 0.717) is 14.6 Å². The van der Waals surface area contributed by atoms with Crippen LogP contribution in [-0.4, -0.2) is 19.9 Å². The molecular weight excluding hydrogens is 543 g/mol. The van der Waals surface area contributed by atoms with Gasteiger partial charge in [-0.15, -0.1) is 22.7 Å². The second kappa shape index (κ2) is 10.1. The van der Waals surface area contributed by atoms with Crippen molar-refractivity contribution in [1.29, 1.82) is 0 Å². The molecular formula is C24H19Cl3N6S2. The lowest BCUT2D eigenvalue weighted by Crippen LogP contribution is -1.92. The van der Waals surface area contributed by atoms with Crippen molar-refractivity contribution in [3.05, 3.63) is 78.0 Å². The smallest absolute Gasteiger partial charge is 0.205 e. The van der Waals surface area contributed by atoms with Crippen molar-refractivity contribution < 1.29 is 0 Å². The highest BCUT2D eigenvalue weighted by atomic mass is 35.5. The third-order valence-electron chi connectivity index (χ3n) is 5.24. The van der Waals surface area contributed by atoms with E-state index in [1.54, 1.807) is 0 Å². The van der Waals surface area contributed by atoms with E-state index in [0.717, 1.165) is 54.9 Å². The van der Waals surface area contributed by atoms with E-state index in [9.17, 15) is 0 Å². The Hall–Kier alpha value is -2.75. The average Bonchev–Trinajstić information content (AvgIpc) is 3.59. The summed E-state index contributed by atoms with van der Waals surface area (Å²) < 4.78 is 2.08. The van der Waals surface area contributed by atoms with Gasteiger partial charge in [0.1, 0.15) is 8.67 Å². The fraction of sp³-hybridized carbons (Fsp3) is 0.0833. The molecule has 11 heteroatoms. The number of aromatic amines is 2. The molecule has 4 aromatic heterocycles. The maximum atomic E-state index is 6.13. The minimum Gasteiger partial charge on any atom is -0.324 e. The van der Waals surface area contributed by atoms with Crippen molar-refractivity contribution in [1.82, 2.24) is 19.9 Å². The summed E-state index contributed by atoms with van der Waals surface area (Å²) >= 11 is 21.1. The van der Waals surface area contributed by atoms with Gasteiger partial charge in [0.05, 0.1) is 37.8 Å². The number of benzene rings is 2. The number of rotatable bonds is 4. The zero-order chi connectivity index (χ0) is 24.5. The van der Waals surface area contributed by atoms with Gasteiger partial charge in [0.15, 0.2) is 0 Å². The Bertz CT molecular complexity index is 1550. The molecule has 0 atom stereocenters. The first kappa shape index (κ1) is 24.0. The van der Waals surface area contributed by atoms with E-state index in [2.05, 4.69) is 30.6 Å². The Balaban J connectivity index is 0.000000145. The van der Waals surface area contributed by atoms with E-state index >= 15 is 0 Å². The van der Waals surface area contributed by atoms with Gasteiger partial charge in [0, 0.05) is 5.56 Å². The predicted molar refractivity (Wildman–Crippen MR) is 152 cm³/mol. The minimum absolute atomic E-state index is 0.637. The predicted octanol–water partition coefficient (Wildman–Crippen LogP) is 9.31. The zero-order valence-corrected chi connectivity index (χ0v) is 22.4. The highest BCUT2D eigenvalue weighted by molar-refractivity contribution is 7.20. The van der Waals surface area contributed by atoms with E-state index < -0.39 is 0 Å². The van der Waals surface area contributed by atoms with Gasteiger partial charge in [0.25, 0.3) is 0 Å². The van der Waals surface area contributed by atoms with Gasteiger partial charge in [-0.1, -0.05) is 59.1 Å². The number of H-pyrrole nitrogens is 2. The zero-order valence-electron chi connectivity index (χ0n) is 18.5. The first-order valence-electron chi connectivity index (χ1n) is 10.5. The summed E-state index contributed by atoms with van der Waals surface area (Å²) in [4.78, 5) is 15.3. The summed E-state index contributed by atoms with van der Waals surface area (Å²) in [7, 11) is 0. The Morgan fingerprint density at radius 2 is 1.26 bits per heavy atom. The molecule has 178 valence electrons. The quantitative estimate of drug-likeness (QED) is 0.173. The molecule has 0 aliphatic heterocycles. The molecule has 0 fully saturated rings. The number of anilines is 4. The Kier molecular flexibility index (Phi) is 6.91. The number of aryl methyl sites for hydroxylation is 1. The van der Waals surface area contributed by atoms with Crippen molar-refractivity contribution >= 4 is 103 Å². The second-order valence-electron chi connectivity index (χ2n) is 7.67. The fourth-order valence-electron chi connectivity index (χ4n) is 3.42. The van der Waals surface area contributed by atoms with Gasteiger partial charge >= 0.3 is 0 Å². The van der Waals surface area contributed by atoms with Crippen molar-refractivity contribution in [3.63, 3.8) is 0 Å². The SMILES string of the molecule is Cc1c(Cl)sc(Cl)c1Nc1nc2ccccc2[nH]1.Cc1csc(Cl)c1Nc1nc2ccccc2[nH]1. The molecule has 2 aromatic carbocycles. The lowest BCUT2D eigenvalue weighted by molar-refractivity contribution is 1.30. The van der Waals surface area contributed by atoms with Crippen molar-refractivity contribution in [2.75, 3.05) is 10.6 Å². The summed E-state index contributed by atoms with van der Waals surface area (Å²) in [5.74, 6) is 1.38. The Labute approximate surface area is 224 Å². The summed E-state index contributed by atoms with van der Waals surface area (Å²) in [5.41, 5.74) is 7.65. The fourth-order valence-corrected chi connectivity index (χ4v) is 6.06. The normalized spacial score (nSPS) is 11.0. The van der Waals surface area contributed by atoms with Crippen LogP contribution in [0.4, 0.5) is 23.3 Å². The average molecular weight is 562 g/mol. The van der Waals surface area contributed by atoms with E-state index in [1.165, 1.54) is 22.7 Å². The number of thiophene rings is 2. The largest absolute Gasteiger partial charge is 0.324 e. The number of hydrogen-bond acceptors (Lipinski definition) is 6. The monoisotopic (exact) mass is 560 g/mol. The highest BCUT2D eigenvalue weighted by Gasteiger charge is 2.14. The molecule has 35 heavy (non-hydrogen) atoms. The van der Waals surface area contributed by atoms with Crippen molar-refractivity contribution in [2.24, 2.45) is 0 Å². The number of para-hydroxylation sites is 4. The number of fused-ring (bicyclic) bond motifs is 2. The van der Waals surface area contributed by atoms with Crippen LogP contribution in [0.1, 0.15) is 11.1 Å². The van der Waals surface area contributed by atoms with Crippen molar-refractivity contribution in [2.45, 2.75) is 13.8 Å². The van der Waals surface area contributed by atoms with Gasteiger partial charge in [-0.3, -0.25) is 0 Å². The molecule has 6 rings (SSSR count). The molecule has 6 nitrogen and oxygen atoms in total. The molecule has 0 saturated carbocycles. The number of halogens is 3. The lowest BCUT2D eigenvalue weighted by atomic mass is 10.3. The maximum Gasteiger partial charge on any atom is 0.205 e. The van der Waals surface area contributed by atoms with E-state index in [1.807, 2.05) is 67.8 Å². The first-order chi connectivity index (χ1) is 16.9. The maximum absolute atomic E-state index is 6.13. The topological polar surface area (TPSA) is 81.4 Å². The van der Waals surface area contributed by atoms with E-state index in [4.69, 9.17) is 34.8 Å². The lowest BCUT2D eigenvalue weighted by Gasteiger charge is -2.02. The van der Waals surface area contributed by atoms with Crippen LogP contribution in [0.5, 0.6) is 0 Å². The summed E-state index contributed by atoms with van der Waals surface area (Å²) in [5, 5.41) is 8.42. The third-order valence-corrected chi connectivity index (χ3v) is 8.38. The Morgan fingerprint density at radius 3 is 1.71 bits per heavy atom. The number of nitrogens with zero attached hydrogens (tertiary/aromatic N) is 2. The van der Waals surface area contributed by atoms with Crippen LogP contribution in [0.25, 0.3) is 22.1 Å². The van der Waals surface area contributed by atoms with Crippen molar-refractivity contribution in [3.8, 4) is 0 Å². The summed E-state index contributed by atoms with van der Waals surface area (Å²) in [6.45, 7) is 3.95. The molecule has 4 N–H and O–H groups in total. The number of nitrogens with one attached hydrogen (secondary N) is 4. The highest BCUT2D eigenvalue weighted by Crippen LogP contribution is 2.41. The molecule has 0 spiro atoms. The molecule has 0 aliphatic rings. The van der Waals surface area contributed by atoms with Gasteiger partial charge in [0.2, 0.25) is 11.9 Å². The van der Waals surface area contributed by atoms with Crippen LogP contribution in [-0.2, 0) is 0 Å². The van der Waals surface area contributed by atoms with Crippen LogP contribution in [0.3, 0.4) is 0 Å².